The molecule has 0 fully saturated rings. The molecule has 9 heteroatoms. The van der Waals surface area contributed by atoms with Crippen molar-refractivity contribution in [3.8, 4) is 22.9 Å². The number of aryl methyl sites for hydroxylation is 1. The average Bonchev–Trinajstić information content (AvgIpc) is 3.21. The monoisotopic (exact) mass is 465 g/mol. The third-order valence-electron chi connectivity index (χ3n) is 5.34. The van der Waals surface area contributed by atoms with Crippen LogP contribution in [0.15, 0.2) is 36.5 Å². The number of ether oxygens (including phenoxy) is 2. The van der Waals surface area contributed by atoms with Gasteiger partial charge in [-0.3, -0.25) is 14.3 Å². The molecule has 1 amide bonds. The highest BCUT2D eigenvalue weighted by Crippen LogP contribution is 2.30. The molecule has 0 saturated carbocycles. The predicted molar refractivity (Wildman–Crippen MR) is 128 cm³/mol. The minimum Gasteiger partial charge on any atom is -0.493 e. The summed E-state index contributed by atoms with van der Waals surface area (Å²) in [6.45, 7) is 7.95. The molecule has 3 aromatic rings. The predicted octanol–water partition coefficient (Wildman–Crippen LogP) is 4.21. The Morgan fingerprint density at radius 1 is 1.12 bits per heavy atom. The van der Waals surface area contributed by atoms with E-state index >= 15 is 0 Å². The molecule has 1 N–H and O–H groups in total. The van der Waals surface area contributed by atoms with Crippen LogP contribution in [0, 0.1) is 0 Å². The van der Waals surface area contributed by atoms with Crippen LogP contribution in [-0.2, 0) is 11.8 Å². The standard InChI is InChI=1S/C25H31N5O4/c1-7-8-20(31)34-22-19(33-6)13-14-26-21(22)25(32)27-16(4)24-28-23(29-30(24)5)18-11-9-17(10-12-18)15(2)3/h9-16H,7-8H2,1-6H3,(H,27,32)/t16-/m0/s1. The fourth-order valence-corrected chi connectivity index (χ4v) is 3.46. The molecule has 0 aliphatic heterocycles. The number of carbonyl (C=O) groups is 2. The molecule has 2 aromatic heterocycles. The van der Waals surface area contributed by atoms with Crippen molar-refractivity contribution in [3.63, 3.8) is 0 Å². The van der Waals surface area contributed by atoms with Crippen molar-refractivity contribution >= 4 is 11.9 Å². The quantitative estimate of drug-likeness (QED) is 0.472. The molecule has 2 heterocycles. The Morgan fingerprint density at radius 3 is 2.44 bits per heavy atom. The van der Waals surface area contributed by atoms with E-state index in [1.54, 1.807) is 18.7 Å². The molecule has 0 radical (unpaired) electrons. The molecule has 0 bridgehead atoms. The third kappa shape index (κ3) is 5.59. The van der Waals surface area contributed by atoms with Crippen LogP contribution in [0.2, 0.25) is 0 Å². The molecule has 34 heavy (non-hydrogen) atoms. The zero-order valence-corrected chi connectivity index (χ0v) is 20.5. The summed E-state index contributed by atoms with van der Waals surface area (Å²) in [6.07, 6.45) is 2.26. The fraction of sp³-hybridized carbons (Fsp3) is 0.400. The number of rotatable bonds is 9. The Balaban J connectivity index is 1.82. The second kappa shape index (κ2) is 10.9. The lowest BCUT2D eigenvalue weighted by Gasteiger charge is -2.15. The molecular weight excluding hydrogens is 434 g/mol. The summed E-state index contributed by atoms with van der Waals surface area (Å²) in [6, 6.07) is 9.17. The van der Waals surface area contributed by atoms with Gasteiger partial charge in [0.2, 0.25) is 5.75 Å². The molecule has 0 unspecified atom stereocenters. The Hall–Kier alpha value is -3.75. The summed E-state index contributed by atoms with van der Waals surface area (Å²) in [5, 5.41) is 7.38. The molecular formula is C25H31N5O4. The molecule has 1 aromatic carbocycles. The zero-order valence-electron chi connectivity index (χ0n) is 20.5. The molecule has 0 saturated heterocycles. The summed E-state index contributed by atoms with van der Waals surface area (Å²) >= 11 is 0. The Bertz CT molecular complexity index is 1150. The second-order valence-corrected chi connectivity index (χ2v) is 8.30. The number of esters is 1. The molecule has 0 aliphatic rings. The largest absolute Gasteiger partial charge is 0.493 e. The number of benzene rings is 1. The summed E-state index contributed by atoms with van der Waals surface area (Å²) in [5.41, 5.74) is 2.09. The molecule has 3 rings (SSSR count). The first-order valence-electron chi connectivity index (χ1n) is 11.3. The Labute approximate surface area is 199 Å². The van der Waals surface area contributed by atoms with Crippen LogP contribution < -0.4 is 14.8 Å². The van der Waals surface area contributed by atoms with Gasteiger partial charge in [-0.05, 0) is 24.8 Å². The second-order valence-electron chi connectivity index (χ2n) is 8.30. The first kappa shape index (κ1) is 24.9. The van der Waals surface area contributed by atoms with Gasteiger partial charge in [0.15, 0.2) is 17.3 Å². The highest BCUT2D eigenvalue weighted by molar-refractivity contribution is 5.96. The lowest BCUT2D eigenvalue weighted by Crippen LogP contribution is -2.30. The number of hydrogen-bond donors (Lipinski definition) is 1. The topological polar surface area (TPSA) is 108 Å². The maximum atomic E-state index is 13.1. The van der Waals surface area contributed by atoms with E-state index in [2.05, 4.69) is 46.4 Å². The van der Waals surface area contributed by atoms with Crippen LogP contribution in [0.1, 0.15) is 74.4 Å². The summed E-state index contributed by atoms with van der Waals surface area (Å²) in [7, 11) is 3.21. The van der Waals surface area contributed by atoms with Crippen molar-refractivity contribution in [1.29, 1.82) is 0 Å². The van der Waals surface area contributed by atoms with Gasteiger partial charge in [0.05, 0.1) is 13.2 Å². The minimum absolute atomic E-state index is 0.00273. The van der Waals surface area contributed by atoms with Crippen molar-refractivity contribution in [2.45, 2.75) is 52.5 Å². The van der Waals surface area contributed by atoms with Crippen LogP contribution >= 0.6 is 0 Å². The van der Waals surface area contributed by atoms with Gasteiger partial charge in [-0.25, -0.2) is 9.97 Å². The number of pyridine rings is 1. The van der Waals surface area contributed by atoms with Crippen molar-refractivity contribution in [3.05, 3.63) is 53.6 Å². The van der Waals surface area contributed by atoms with Crippen LogP contribution in [0.25, 0.3) is 11.4 Å². The first-order valence-corrected chi connectivity index (χ1v) is 11.3. The first-order chi connectivity index (χ1) is 16.2. The number of methoxy groups -OCH3 is 1. The van der Waals surface area contributed by atoms with E-state index in [1.165, 1.54) is 24.9 Å². The van der Waals surface area contributed by atoms with Gasteiger partial charge in [0, 0.05) is 31.3 Å². The normalized spacial score (nSPS) is 11.9. The molecule has 180 valence electrons. The van der Waals surface area contributed by atoms with Crippen LogP contribution in [0.5, 0.6) is 11.5 Å². The smallest absolute Gasteiger partial charge is 0.311 e. The van der Waals surface area contributed by atoms with Gasteiger partial charge in [-0.15, -0.1) is 0 Å². The van der Waals surface area contributed by atoms with E-state index in [9.17, 15) is 9.59 Å². The molecule has 0 spiro atoms. The van der Waals surface area contributed by atoms with Crippen LogP contribution in [0.4, 0.5) is 0 Å². The summed E-state index contributed by atoms with van der Waals surface area (Å²) in [5.74, 6) is 0.855. The van der Waals surface area contributed by atoms with Gasteiger partial charge >= 0.3 is 5.97 Å². The van der Waals surface area contributed by atoms with E-state index < -0.39 is 17.9 Å². The lowest BCUT2D eigenvalue weighted by molar-refractivity contribution is -0.134. The summed E-state index contributed by atoms with van der Waals surface area (Å²) < 4.78 is 12.3. The number of amides is 1. The summed E-state index contributed by atoms with van der Waals surface area (Å²) in [4.78, 5) is 33.9. The highest BCUT2D eigenvalue weighted by atomic mass is 16.6. The van der Waals surface area contributed by atoms with Crippen LogP contribution in [0.3, 0.4) is 0 Å². The Kier molecular flexibility index (Phi) is 7.99. The van der Waals surface area contributed by atoms with Gasteiger partial charge in [-0.2, -0.15) is 5.10 Å². The number of nitrogens with zero attached hydrogens (tertiary/aromatic N) is 4. The van der Waals surface area contributed by atoms with Gasteiger partial charge in [0.1, 0.15) is 5.82 Å². The van der Waals surface area contributed by atoms with E-state index in [0.717, 1.165) is 5.56 Å². The number of hydrogen-bond acceptors (Lipinski definition) is 7. The van der Waals surface area contributed by atoms with Crippen molar-refractivity contribution in [1.82, 2.24) is 25.1 Å². The van der Waals surface area contributed by atoms with E-state index in [-0.39, 0.29) is 23.6 Å². The maximum absolute atomic E-state index is 13.1. The van der Waals surface area contributed by atoms with Crippen molar-refractivity contribution in [2.24, 2.45) is 7.05 Å². The minimum atomic E-state index is -0.517. The van der Waals surface area contributed by atoms with E-state index in [1.807, 2.05) is 19.1 Å². The number of nitrogens with one attached hydrogen (secondary N) is 1. The molecule has 9 nitrogen and oxygen atoms in total. The maximum Gasteiger partial charge on any atom is 0.311 e. The van der Waals surface area contributed by atoms with Gasteiger partial charge < -0.3 is 14.8 Å². The third-order valence-corrected chi connectivity index (χ3v) is 5.34. The van der Waals surface area contributed by atoms with Gasteiger partial charge in [-0.1, -0.05) is 45.0 Å². The van der Waals surface area contributed by atoms with E-state index in [4.69, 9.17) is 9.47 Å². The van der Waals surface area contributed by atoms with Gasteiger partial charge in [0.25, 0.3) is 5.91 Å². The molecule has 1 atom stereocenters. The fourth-order valence-electron chi connectivity index (χ4n) is 3.46. The number of aromatic nitrogens is 4. The van der Waals surface area contributed by atoms with Crippen molar-refractivity contribution in [2.75, 3.05) is 7.11 Å². The van der Waals surface area contributed by atoms with Crippen molar-refractivity contribution < 1.29 is 19.1 Å². The molecule has 0 aliphatic carbocycles. The number of carbonyl (C=O) groups excluding carboxylic acids is 2. The SMILES string of the molecule is CCCC(=O)Oc1c(OC)ccnc1C(=O)N[C@@H](C)c1nc(-c2ccc(C(C)C)cc2)nn1C. The van der Waals surface area contributed by atoms with Crippen LogP contribution in [-0.4, -0.2) is 38.7 Å². The zero-order chi connectivity index (χ0) is 24.8. The Morgan fingerprint density at radius 2 is 1.82 bits per heavy atom. The average molecular weight is 466 g/mol. The van der Waals surface area contributed by atoms with E-state index in [0.29, 0.717) is 24.0 Å². The highest BCUT2D eigenvalue weighted by Gasteiger charge is 2.24. The lowest BCUT2D eigenvalue weighted by atomic mass is 10.0.